The molecule has 30 heavy (non-hydrogen) atoms. The lowest BCUT2D eigenvalue weighted by Gasteiger charge is -2.36. The molecule has 2 heterocycles. The van der Waals surface area contributed by atoms with E-state index in [1.165, 1.54) is 11.1 Å². The van der Waals surface area contributed by atoms with Gasteiger partial charge in [-0.1, -0.05) is 30.3 Å². The van der Waals surface area contributed by atoms with Crippen LogP contribution in [-0.4, -0.2) is 35.5 Å². The predicted molar refractivity (Wildman–Crippen MR) is 117 cm³/mol. The molecule has 1 aliphatic rings. The summed E-state index contributed by atoms with van der Waals surface area (Å²) < 4.78 is 5.46. The van der Waals surface area contributed by atoms with Crippen molar-refractivity contribution in [2.24, 2.45) is 0 Å². The van der Waals surface area contributed by atoms with Crippen molar-refractivity contribution in [3.63, 3.8) is 0 Å². The maximum Gasteiger partial charge on any atom is 0.251 e. The molecule has 0 saturated heterocycles. The van der Waals surface area contributed by atoms with Gasteiger partial charge in [0.1, 0.15) is 5.75 Å². The van der Waals surface area contributed by atoms with Crippen LogP contribution in [0.15, 0.2) is 73.1 Å². The van der Waals surface area contributed by atoms with Crippen molar-refractivity contribution < 1.29 is 9.53 Å². The van der Waals surface area contributed by atoms with E-state index in [9.17, 15) is 4.79 Å². The zero-order valence-corrected chi connectivity index (χ0v) is 17.3. The Morgan fingerprint density at radius 3 is 2.63 bits per heavy atom. The predicted octanol–water partition coefficient (Wildman–Crippen LogP) is 4.01. The molecule has 5 nitrogen and oxygen atoms in total. The Hall–Kier alpha value is -3.18. The van der Waals surface area contributed by atoms with Crippen molar-refractivity contribution in [1.82, 2.24) is 15.2 Å². The number of nitrogens with zero attached hydrogens (tertiary/aromatic N) is 2. The molecule has 3 aromatic rings. The van der Waals surface area contributed by atoms with Gasteiger partial charge < -0.3 is 10.1 Å². The van der Waals surface area contributed by atoms with E-state index >= 15 is 0 Å². The third-order valence-corrected chi connectivity index (χ3v) is 5.55. The summed E-state index contributed by atoms with van der Waals surface area (Å²) in [6, 6.07) is 20.0. The normalized spacial score (nSPS) is 14.6. The first-order chi connectivity index (χ1) is 14.7. The maximum absolute atomic E-state index is 12.7. The van der Waals surface area contributed by atoms with E-state index in [0.29, 0.717) is 18.7 Å². The number of hydrogen-bond acceptors (Lipinski definition) is 4. The highest BCUT2D eigenvalue weighted by molar-refractivity contribution is 5.94. The van der Waals surface area contributed by atoms with Crippen molar-refractivity contribution in [3.05, 3.63) is 95.3 Å². The molecule has 0 saturated carbocycles. The number of carbonyl (C=O) groups is 1. The van der Waals surface area contributed by atoms with Crippen LogP contribution in [0.2, 0.25) is 0 Å². The lowest BCUT2D eigenvalue weighted by atomic mass is 9.97. The minimum absolute atomic E-state index is 0.0682. The molecule has 1 amide bonds. The number of carbonyl (C=O) groups excluding carboxylic acids is 1. The van der Waals surface area contributed by atoms with E-state index in [-0.39, 0.29) is 11.9 Å². The zero-order chi connectivity index (χ0) is 20.8. The first kappa shape index (κ1) is 20.1. The number of ether oxygens (including phenoxy) is 1. The third-order valence-electron chi connectivity index (χ3n) is 5.55. The Balaban J connectivity index is 1.48. The SMILES string of the molecule is CCOc1ccc(C(=O)NC[C@@H](c2cccnc2)N2CCc3ccccc3C2)cc1. The van der Waals surface area contributed by atoms with Gasteiger partial charge in [-0.2, -0.15) is 0 Å². The van der Waals surface area contributed by atoms with Gasteiger partial charge in [0.05, 0.1) is 12.6 Å². The van der Waals surface area contributed by atoms with Crippen LogP contribution in [-0.2, 0) is 13.0 Å². The fourth-order valence-corrected chi connectivity index (χ4v) is 3.98. The standard InChI is InChI=1S/C25H27N3O2/c1-2-30-23-11-9-20(10-12-23)25(29)27-17-24(21-8-5-14-26-16-21)28-15-13-19-6-3-4-7-22(19)18-28/h3-12,14,16,24H,2,13,15,17-18H2,1H3,(H,27,29)/t24-/m0/s1. The number of hydrogen-bond donors (Lipinski definition) is 1. The minimum Gasteiger partial charge on any atom is -0.494 e. The summed E-state index contributed by atoms with van der Waals surface area (Å²) in [6.45, 7) is 4.90. The Morgan fingerprint density at radius 2 is 1.90 bits per heavy atom. The van der Waals surface area contributed by atoms with E-state index in [1.54, 1.807) is 18.3 Å². The summed E-state index contributed by atoms with van der Waals surface area (Å²) in [5, 5.41) is 3.12. The minimum atomic E-state index is -0.0793. The van der Waals surface area contributed by atoms with Gasteiger partial charge in [0.25, 0.3) is 5.91 Å². The summed E-state index contributed by atoms with van der Waals surface area (Å²) >= 11 is 0. The molecular weight excluding hydrogens is 374 g/mol. The van der Waals surface area contributed by atoms with Crippen LogP contribution in [0, 0.1) is 0 Å². The van der Waals surface area contributed by atoms with Crippen molar-refractivity contribution in [3.8, 4) is 5.75 Å². The second-order valence-corrected chi connectivity index (χ2v) is 7.46. The Kier molecular flexibility index (Phi) is 6.40. The van der Waals surface area contributed by atoms with Gasteiger partial charge >= 0.3 is 0 Å². The largest absolute Gasteiger partial charge is 0.494 e. The molecular formula is C25H27N3O2. The molecule has 4 rings (SSSR count). The van der Waals surface area contributed by atoms with E-state index < -0.39 is 0 Å². The monoisotopic (exact) mass is 401 g/mol. The fraction of sp³-hybridized carbons (Fsp3) is 0.280. The van der Waals surface area contributed by atoms with E-state index in [1.807, 2.05) is 31.3 Å². The number of nitrogens with one attached hydrogen (secondary N) is 1. The number of fused-ring (bicyclic) bond motifs is 1. The maximum atomic E-state index is 12.7. The molecule has 5 heteroatoms. The van der Waals surface area contributed by atoms with Gasteiger partial charge in [-0.05, 0) is 60.4 Å². The first-order valence-electron chi connectivity index (χ1n) is 10.5. The number of amides is 1. The third kappa shape index (κ3) is 4.69. The van der Waals surface area contributed by atoms with Crippen molar-refractivity contribution in [2.45, 2.75) is 25.9 Å². The van der Waals surface area contributed by atoms with Crippen LogP contribution in [0.25, 0.3) is 0 Å². The molecule has 0 bridgehead atoms. The summed E-state index contributed by atoms with van der Waals surface area (Å²) in [5.41, 5.74) is 4.52. The smallest absolute Gasteiger partial charge is 0.251 e. The quantitative estimate of drug-likeness (QED) is 0.650. The number of rotatable bonds is 7. The summed E-state index contributed by atoms with van der Waals surface area (Å²) in [4.78, 5) is 19.5. The van der Waals surface area contributed by atoms with Crippen LogP contribution in [0.3, 0.4) is 0 Å². The Morgan fingerprint density at radius 1 is 1.10 bits per heavy atom. The molecule has 1 aromatic heterocycles. The van der Waals surface area contributed by atoms with Crippen molar-refractivity contribution >= 4 is 5.91 Å². The molecule has 1 N–H and O–H groups in total. The molecule has 2 aromatic carbocycles. The van der Waals surface area contributed by atoms with Crippen LogP contribution in [0.1, 0.15) is 40.0 Å². The van der Waals surface area contributed by atoms with E-state index in [2.05, 4.69) is 45.5 Å². The van der Waals surface area contributed by atoms with Gasteiger partial charge in [-0.3, -0.25) is 14.7 Å². The van der Waals surface area contributed by atoms with Crippen LogP contribution in [0.4, 0.5) is 0 Å². The van der Waals surface area contributed by atoms with Gasteiger partial charge in [0, 0.05) is 37.6 Å². The zero-order valence-electron chi connectivity index (χ0n) is 17.3. The number of aromatic nitrogens is 1. The Bertz CT molecular complexity index is 973. The average Bonchev–Trinajstić information content (AvgIpc) is 2.80. The molecule has 0 spiro atoms. The van der Waals surface area contributed by atoms with Gasteiger partial charge in [0.2, 0.25) is 0 Å². The van der Waals surface area contributed by atoms with E-state index in [0.717, 1.165) is 30.8 Å². The van der Waals surface area contributed by atoms with Crippen molar-refractivity contribution in [2.75, 3.05) is 19.7 Å². The second kappa shape index (κ2) is 9.55. The molecule has 154 valence electrons. The molecule has 0 fully saturated rings. The average molecular weight is 402 g/mol. The van der Waals surface area contributed by atoms with Gasteiger partial charge in [0.15, 0.2) is 0 Å². The van der Waals surface area contributed by atoms with E-state index in [4.69, 9.17) is 4.74 Å². The topological polar surface area (TPSA) is 54.5 Å². The lowest BCUT2D eigenvalue weighted by molar-refractivity contribution is 0.0927. The lowest BCUT2D eigenvalue weighted by Crippen LogP contribution is -2.40. The summed E-state index contributed by atoms with van der Waals surface area (Å²) in [5.74, 6) is 0.693. The van der Waals surface area contributed by atoms with Crippen LogP contribution >= 0.6 is 0 Å². The van der Waals surface area contributed by atoms with Gasteiger partial charge in [-0.25, -0.2) is 0 Å². The second-order valence-electron chi connectivity index (χ2n) is 7.46. The fourth-order valence-electron chi connectivity index (χ4n) is 3.98. The van der Waals surface area contributed by atoms with Crippen LogP contribution < -0.4 is 10.1 Å². The van der Waals surface area contributed by atoms with Gasteiger partial charge in [-0.15, -0.1) is 0 Å². The highest BCUT2D eigenvalue weighted by Crippen LogP contribution is 2.27. The first-order valence-corrected chi connectivity index (χ1v) is 10.5. The highest BCUT2D eigenvalue weighted by atomic mass is 16.5. The Labute approximate surface area is 177 Å². The molecule has 0 unspecified atom stereocenters. The van der Waals surface area contributed by atoms with Crippen LogP contribution in [0.5, 0.6) is 5.75 Å². The molecule has 0 aliphatic carbocycles. The summed E-state index contributed by atoms with van der Waals surface area (Å²) in [6.07, 6.45) is 4.69. The molecule has 0 radical (unpaired) electrons. The summed E-state index contributed by atoms with van der Waals surface area (Å²) in [7, 11) is 0. The number of benzene rings is 2. The molecule has 1 aliphatic heterocycles. The number of pyridine rings is 1. The highest BCUT2D eigenvalue weighted by Gasteiger charge is 2.25. The molecule has 1 atom stereocenters. The van der Waals surface area contributed by atoms with Crippen molar-refractivity contribution in [1.29, 1.82) is 0 Å².